The lowest BCUT2D eigenvalue weighted by molar-refractivity contribution is 0.273. The minimum absolute atomic E-state index is 0.638. The number of nitrogens with zero attached hydrogens (tertiary/aromatic N) is 3. The molecule has 3 rings (SSSR count). The first-order chi connectivity index (χ1) is 9.28. The zero-order valence-corrected chi connectivity index (χ0v) is 11.2. The van der Waals surface area contributed by atoms with Crippen molar-refractivity contribution in [2.24, 2.45) is 0 Å². The number of anilines is 2. The molecular weight excluding hydrogens is 236 g/mol. The summed E-state index contributed by atoms with van der Waals surface area (Å²) in [6.45, 7) is 4.58. The zero-order chi connectivity index (χ0) is 13.2. The van der Waals surface area contributed by atoms with Gasteiger partial charge in [0.05, 0.1) is 23.0 Å². The molecule has 1 atom stereocenters. The maximum absolute atomic E-state index is 8.91. The highest BCUT2D eigenvalue weighted by Gasteiger charge is 2.29. The molecule has 19 heavy (non-hydrogen) atoms. The number of hydrogen-bond acceptors (Lipinski definition) is 4. The third kappa shape index (κ3) is 2.39. The highest BCUT2D eigenvalue weighted by atomic mass is 15.3. The Bertz CT molecular complexity index is 505. The van der Waals surface area contributed by atoms with Gasteiger partial charge < -0.3 is 10.6 Å². The Morgan fingerprint density at radius 1 is 1.21 bits per heavy atom. The molecule has 2 heterocycles. The Kier molecular flexibility index (Phi) is 3.31. The molecule has 100 valence electrons. The van der Waals surface area contributed by atoms with Crippen LogP contribution >= 0.6 is 0 Å². The lowest BCUT2D eigenvalue weighted by Gasteiger charge is -2.28. The third-order valence-electron chi connectivity index (χ3n) is 4.30. The summed E-state index contributed by atoms with van der Waals surface area (Å²) in [5.74, 6) is 0. The molecule has 0 aromatic heterocycles. The standard InChI is InChI=1S/C15H20N4/c16-10-12-4-5-15(14(17)9-12)19-8-2-7-18-6-1-3-13(18)11-19/h4-5,9,13H,1-3,6-8,11,17H2. The van der Waals surface area contributed by atoms with Gasteiger partial charge in [0.1, 0.15) is 0 Å². The Morgan fingerprint density at radius 3 is 2.84 bits per heavy atom. The predicted octanol–water partition coefficient (Wildman–Crippen LogP) is 1.81. The second-order valence-corrected chi connectivity index (χ2v) is 5.52. The van der Waals surface area contributed by atoms with Crippen LogP contribution in [0.3, 0.4) is 0 Å². The van der Waals surface area contributed by atoms with E-state index >= 15 is 0 Å². The van der Waals surface area contributed by atoms with Crippen molar-refractivity contribution in [2.45, 2.75) is 25.3 Å². The number of benzene rings is 1. The number of rotatable bonds is 1. The van der Waals surface area contributed by atoms with Crippen molar-refractivity contribution in [1.29, 1.82) is 5.26 Å². The molecule has 0 amide bonds. The van der Waals surface area contributed by atoms with Crippen molar-refractivity contribution in [2.75, 3.05) is 36.8 Å². The summed E-state index contributed by atoms with van der Waals surface area (Å²) in [5.41, 5.74) is 8.56. The smallest absolute Gasteiger partial charge is 0.0992 e. The van der Waals surface area contributed by atoms with Crippen LogP contribution in [0.5, 0.6) is 0 Å². The van der Waals surface area contributed by atoms with E-state index in [-0.39, 0.29) is 0 Å². The van der Waals surface area contributed by atoms with Crippen molar-refractivity contribution in [3.63, 3.8) is 0 Å². The first kappa shape index (κ1) is 12.3. The summed E-state index contributed by atoms with van der Waals surface area (Å²) >= 11 is 0. The van der Waals surface area contributed by atoms with Gasteiger partial charge in [0.25, 0.3) is 0 Å². The van der Waals surface area contributed by atoms with Crippen molar-refractivity contribution in [3.8, 4) is 6.07 Å². The lowest BCUT2D eigenvalue weighted by atomic mass is 10.1. The molecule has 2 saturated heterocycles. The van der Waals surface area contributed by atoms with Crippen LogP contribution in [0.25, 0.3) is 0 Å². The van der Waals surface area contributed by atoms with Crippen LogP contribution in [0.4, 0.5) is 11.4 Å². The molecule has 1 aromatic rings. The zero-order valence-electron chi connectivity index (χ0n) is 11.2. The average molecular weight is 256 g/mol. The van der Waals surface area contributed by atoms with Gasteiger partial charge in [-0.3, -0.25) is 4.90 Å². The fraction of sp³-hybridized carbons (Fsp3) is 0.533. The van der Waals surface area contributed by atoms with Crippen LogP contribution in [0.15, 0.2) is 18.2 Å². The molecule has 4 heteroatoms. The van der Waals surface area contributed by atoms with Crippen molar-refractivity contribution in [1.82, 2.24) is 4.90 Å². The molecule has 2 N–H and O–H groups in total. The van der Waals surface area contributed by atoms with Gasteiger partial charge >= 0.3 is 0 Å². The van der Waals surface area contributed by atoms with Gasteiger partial charge in [0, 0.05) is 25.7 Å². The van der Waals surface area contributed by atoms with Gasteiger partial charge in [-0.15, -0.1) is 0 Å². The van der Waals surface area contributed by atoms with E-state index in [0.29, 0.717) is 11.6 Å². The first-order valence-corrected chi connectivity index (χ1v) is 7.06. The fourth-order valence-electron chi connectivity index (χ4n) is 3.34. The largest absolute Gasteiger partial charge is 0.397 e. The van der Waals surface area contributed by atoms with Gasteiger partial charge in [0.15, 0.2) is 0 Å². The molecule has 1 unspecified atom stereocenters. The van der Waals surface area contributed by atoms with Gasteiger partial charge in [-0.05, 0) is 44.0 Å². The van der Waals surface area contributed by atoms with E-state index in [2.05, 4.69) is 15.9 Å². The van der Waals surface area contributed by atoms with Crippen molar-refractivity contribution < 1.29 is 0 Å². The van der Waals surface area contributed by atoms with E-state index < -0.39 is 0 Å². The van der Waals surface area contributed by atoms with Crippen LogP contribution in [0, 0.1) is 11.3 Å². The van der Waals surface area contributed by atoms with E-state index in [9.17, 15) is 0 Å². The molecule has 1 aromatic carbocycles. The summed E-state index contributed by atoms with van der Waals surface area (Å²) < 4.78 is 0. The predicted molar refractivity (Wildman–Crippen MR) is 77.0 cm³/mol. The van der Waals surface area contributed by atoms with Gasteiger partial charge in [0.2, 0.25) is 0 Å². The molecule has 2 fully saturated rings. The molecule has 0 radical (unpaired) electrons. The van der Waals surface area contributed by atoms with Crippen molar-refractivity contribution in [3.05, 3.63) is 23.8 Å². The maximum atomic E-state index is 8.91. The maximum Gasteiger partial charge on any atom is 0.0992 e. The number of hydrogen-bond donors (Lipinski definition) is 1. The van der Waals surface area contributed by atoms with Crippen LogP contribution in [-0.4, -0.2) is 37.1 Å². The quantitative estimate of drug-likeness (QED) is 0.779. The fourth-order valence-corrected chi connectivity index (χ4v) is 3.34. The van der Waals surface area contributed by atoms with Crippen LogP contribution in [0.1, 0.15) is 24.8 Å². The topological polar surface area (TPSA) is 56.3 Å². The summed E-state index contributed by atoms with van der Waals surface area (Å²) in [5, 5.41) is 8.91. The van der Waals surface area contributed by atoms with E-state index in [4.69, 9.17) is 11.0 Å². The lowest BCUT2D eigenvalue weighted by Crippen LogP contribution is -2.36. The Hall–Kier alpha value is -1.73. The Morgan fingerprint density at radius 2 is 2.05 bits per heavy atom. The molecule has 0 saturated carbocycles. The molecule has 0 spiro atoms. The summed E-state index contributed by atoms with van der Waals surface area (Å²) in [6, 6.07) is 8.47. The van der Waals surface area contributed by atoms with Crippen LogP contribution < -0.4 is 10.6 Å². The van der Waals surface area contributed by atoms with Gasteiger partial charge in [-0.2, -0.15) is 5.26 Å². The average Bonchev–Trinajstić information content (AvgIpc) is 2.76. The summed E-state index contributed by atoms with van der Waals surface area (Å²) in [4.78, 5) is 5.01. The van der Waals surface area contributed by atoms with Gasteiger partial charge in [-0.25, -0.2) is 0 Å². The van der Waals surface area contributed by atoms with E-state index in [0.717, 1.165) is 24.5 Å². The van der Waals surface area contributed by atoms with E-state index in [1.165, 1.54) is 32.4 Å². The Balaban J connectivity index is 1.83. The Labute approximate surface area is 114 Å². The second-order valence-electron chi connectivity index (χ2n) is 5.52. The molecule has 0 aliphatic carbocycles. The molecule has 4 nitrogen and oxygen atoms in total. The minimum Gasteiger partial charge on any atom is -0.397 e. The summed E-state index contributed by atoms with van der Waals surface area (Å²) in [7, 11) is 0. The molecule has 2 aliphatic heterocycles. The second kappa shape index (κ2) is 5.10. The van der Waals surface area contributed by atoms with E-state index in [1.807, 2.05) is 12.1 Å². The molecular formula is C15H20N4. The SMILES string of the molecule is N#Cc1ccc(N2CCCN3CCCC3C2)c(N)c1. The number of nitrogens with two attached hydrogens (primary N) is 1. The monoisotopic (exact) mass is 256 g/mol. The van der Waals surface area contributed by atoms with Crippen molar-refractivity contribution >= 4 is 11.4 Å². The van der Waals surface area contributed by atoms with Crippen LogP contribution in [-0.2, 0) is 0 Å². The minimum atomic E-state index is 0.638. The highest BCUT2D eigenvalue weighted by molar-refractivity contribution is 5.69. The number of nitriles is 1. The third-order valence-corrected chi connectivity index (χ3v) is 4.30. The number of fused-ring (bicyclic) bond motifs is 1. The molecule has 2 aliphatic rings. The van der Waals surface area contributed by atoms with Gasteiger partial charge in [-0.1, -0.05) is 0 Å². The first-order valence-electron chi connectivity index (χ1n) is 7.06. The number of nitrogen functional groups attached to an aromatic ring is 1. The van der Waals surface area contributed by atoms with E-state index in [1.54, 1.807) is 6.07 Å². The normalized spacial score (nSPS) is 23.7. The molecule has 0 bridgehead atoms. The highest BCUT2D eigenvalue weighted by Crippen LogP contribution is 2.29. The van der Waals surface area contributed by atoms with Crippen LogP contribution in [0.2, 0.25) is 0 Å². The summed E-state index contributed by atoms with van der Waals surface area (Å²) in [6.07, 6.45) is 3.81.